The maximum atomic E-state index is 11.9. The lowest BCUT2D eigenvalue weighted by Gasteiger charge is -2.06. The molecule has 0 amide bonds. The summed E-state index contributed by atoms with van der Waals surface area (Å²) in [4.78, 5) is 13.8. The van der Waals surface area contributed by atoms with E-state index in [2.05, 4.69) is 15.6 Å². The molecule has 0 saturated heterocycles. The summed E-state index contributed by atoms with van der Waals surface area (Å²) in [5, 5.41) is 15.4. The monoisotopic (exact) mass is 232 g/mol. The van der Waals surface area contributed by atoms with Crippen molar-refractivity contribution in [2.75, 3.05) is 24.2 Å². The Balaban J connectivity index is 2.90. The number of pyridine rings is 1. The molecule has 0 fully saturated rings. The minimum absolute atomic E-state index is 0.0406. The third-order valence-corrected chi connectivity index (χ3v) is 1.71. The average Bonchev–Trinajstić information content (AvgIpc) is 2.25. The van der Waals surface area contributed by atoms with Crippen molar-refractivity contribution in [3.05, 3.63) is 22.2 Å². The maximum absolute atomic E-state index is 11.9. The largest absolute Gasteiger partial charge is 0.373 e. The Kier molecular flexibility index (Phi) is 3.92. The summed E-state index contributed by atoms with van der Waals surface area (Å²) in [5.74, 6) is 0.282. The molecular weight excluding hydrogens is 222 g/mol. The fourth-order valence-electron chi connectivity index (χ4n) is 1.02. The number of hydrogen-bond acceptors (Lipinski definition) is 5. The van der Waals surface area contributed by atoms with Crippen molar-refractivity contribution >= 4 is 17.3 Å². The highest BCUT2D eigenvalue weighted by molar-refractivity contribution is 5.54. The first-order valence-electron chi connectivity index (χ1n) is 4.39. The smallest absolute Gasteiger partial charge is 0.276 e. The van der Waals surface area contributed by atoms with Crippen LogP contribution >= 0.6 is 0 Å². The SMILES string of the molecule is CNc1cc([N+](=O)[O-])cc(NCC(F)F)n1. The van der Waals surface area contributed by atoms with E-state index >= 15 is 0 Å². The van der Waals surface area contributed by atoms with Crippen LogP contribution in [0.2, 0.25) is 0 Å². The second kappa shape index (κ2) is 5.19. The minimum atomic E-state index is -2.54. The summed E-state index contributed by atoms with van der Waals surface area (Å²) in [7, 11) is 1.53. The lowest BCUT2D eigenvalue weighted by atomic mass is 10.3. The van der Waals surface area contributed by atoms with E-state index in [0.29, 0.717) is 0 Å². The van der Waals surface area contributed by atoms with Gasteiger partial charge in [0.15, 0.2) is 0 Å². The topological polar surface area (TPSA) is 80.1 Å². The van der Waals surface area contributed by atoms with Crippen molar-refractivity contribution in [2.24, 2.45) is 0 Å². The van der Waals surface area contributed by atoms with Gasteiger partial charge in [-0.3, -0.25) is 10.1 Å². The fraction of sp³-hybridized carbons (Fsp3) is 0.375. The zero-order valence-corrected chi connectivity index (χ0v) is 8.41. The van der Waals surface area contributed by atoms with Crippen LogP contribution < -0.4 is 10.6 Å². The number of nitrogens with zero attached hydrogens (tertiary/aromatic N) is 2. The van der Waals surface area contributed by atoms with Gasteiger partial charge in [0.1, 0.15) is 11.6 Å². The first-order valence-corrected chi connectivity index (χ1v) is 4.39. The molecule has 0 atom stereocenters. The Morgan fingerprint density at radius 3 is 2.62 bits per heavy atom. The van der Waals surface area contributed by atoms with Gasteiger partial charge in [-0.05, 0) is 0 Å². The molecule has 1 aromatic rings. The quantitative estimate of drug-likeness (QED) is 0.596. The van der Waals surface area contributed by atoms with Gasteiger partial charge in [0, 0.05) is 7.05 Å². The number of alkyl halides is 2. The number of nitro groups is 1. The lowest BCUT2D eigenvalue weighted by Crippen LogP contribution is -2.12. The van der Waals surface area contributed by atoms with Crippen LogP contribution in [0.1, 0.15) is 0 Å². The number of nitrogens with one attached hydrogen (secondary N) is 2. The van der Waals surface area contributed by atoms with Crippen LogP contribution in [0, 0.1) is 10.1 Å². The van der Waals surface area contributed by atoms with Crippen molar-refractivity contribution in [3.63, 3.8) is 0 Å². The first kappa shape index (κ1) is 12.1. The molecule has 0 spiro atoms. The molecule has 88 valence electrons. The van der Waals surface area contributed by atoms with E-state index in [1.54, 1.807) is 0 Å². The van der Waals surface area contributed by atoms with Crippen molar-refractivity contribution in [1.82, 2.24) is 4.98 Å². The molecule has 0 aliphatic rings. The molecule has 0 bridgehead atoms. The Labute approximate surface area is 89.8 Å². The molecule has 0 radical (unpaired) electrons. The maximum Gasteiger partial charge on any atom is 0.276 e. The molecule has 1 heterocycles. The van der Waals surface area contributed by atoms with E-state index in [-0.39, 0.29) is 17.3 Å². The molecule has 0 unspecified atom stereocenters. The Hall–Kier alpha value is -1.99. The lowest BCUT2D eigenvalue weighted by molar-refractivity contribution is -0.384. The van der Waals surface area contributed by atoms with Crippen molar-refractivity contribution in [2.45, 2.75) is 6.43 Å². The normalized spacial score (nSPS) is 10.2. The Bertz CT molecular complexity index is 386. The van der Waals surface area contributed by atoms with Crippen LogP contribution in [0.25, 0.3) is 0 Å². The van der Waals surface area contributed by atoms with E-state index in [1.165, 1.54) is 13.1 Å². The standard InChI is InChI=1S/C8H10F2N4O2/c1-11-7-2-5(14(15)16)3-8(13-7)12-4-6(9)10/h2-3,6H,4H2,1H3,(H2,11,12,13). The molecule has 6 nitrogen and oxygen atoms in total. The Morgan fingerprint density at radius 1 is 1.50 bits per heavy atom. The highest BCUT2D eigenvalue weighted by Crippen LogP contribution is 2.20. The second-order valence-electron chi connectivity index (χ2n) is 2.87. The van der Waals surface area contributed by atoms with Crippen LogP contribution in [0.4, 0.5) is 26.1 Å². The Morgan fingerprint density at radius 2 is 2.12 bits per heavy atom. The number of rotatable bonds is 5. The second-order valence-corrected chi connectivity index (χ2v) is 2.87. The highest BCUT2D eigenvalue weighted by atomic mass is 19.3. The minimum Gasteiger partial charge on any atom is -0.373 e. The van der Waals surface area contributed by atoms with Gasteiger partial charge in [-0.1, -0.05) is 0 Å². The van der Waals surface area contributed by atoms with E-state index in [9.17, 15) is 18.9 Å². The summed E-state index contributed by atoms with van der Waals surface area (Å²) in [6.07, 6.45) is -2.54. The van der Waals surface area contributed by atoms with Crippen molar-refractivity contribution < 1.29 is 13.7 Å². The molecular formula is C8H10F2N4O2. The van der Waals surface area contributed by atoms with Gasteiger partial charge in [0.25, 0.3) is 12.1 Å². The van der Waals surface area contributed by atoms with E-state index < -0.39 is 17.9 Å². The predicted molar refractivity (Wildman–Crippen MR) is 54.9 cm³/mol. The molecule has 0 aliphatic heterocycles. The van der Waals surface area contributed by atoms with Gasteiger partial charge in [-0.15, -0.1) is 0 Å². The molecule has 16 heavy (non-hydrogen) atoms. The molecule has 1 aromatic heterocycles. The third kappa shape index (κ3) is 3.30. The molecule has 0 aromatic carbocycles. The van der Waals surface area contributed by atoms with Gasteiger partial charge < -0.3 is 10.6 Å². The van der Waals surface area contributed by atoms with Crippen LogP contribution in [-0.2, 0) is 0 Å². The molecule has 1 rings (SSSR count). The predicted octanol–water partition coefficient (Wildman–Crippen LogP) is 1.71. The van der Waals surface area contributed by atoms with E-state index in [4.69, 9.17) is 0 Å². The van der Waals surface area contributed by atoms with E-state index in [0.717, 1.165) is 6.07 Å². The third-order valence-electron chi connectivity index (χ3n) is 1.71. The molecule has 0 saturated carbocycles. The number of aromatic nitrogens is 1. The summed E-state index contributed by atoms with van der Waals surface area (Å²) >= 11 is 0. The zero-order chi connectivity index (χ0) is 12.1. The number of anilines is 2. The van der Waals surface area contributed by atoms with E-state index in [1.807, 2.05) is 0 Å². The van der Waals surface area contributed by atoms with Crippen molar-refractivity contribution in [3.8, 4) is 0 Å². The van der Waals surface area contributed by atoms with Crippen LogP contribution in [0.3, 0.4) is 0 Å². The molecule has 2 N–H and O–H groups in total. The summed E-state index contributed by atoms with van der Waals surface area (Å²) in [5.41, 5.74) is -0.212. The van der Waals surface area contributed by atoms with Gasteiger partial charge in [-0.2, -0.15) is 0 Å². The fourth-order valence-corrected chi connectivity index (χ4v) is 1.02. The summed E-state index contributed by atoms with van der Waals surface area (Å²) in [6, 6.07) is 2.32. The first-order chi connectivity index (χ1) is 7.52. The average molecular weight is 232 g/mol. The molecule has 8 heteroatoms. The number of halogens is 2. The highest BCUT2D eigenvalue weighted by Gasteiger charge is 2.11. The van der Waals surface area contributed by atoms with Gasteiger partial charge >= 0.3 is 0 Å². The number of hydrogen-bond donors (Lipinski definition) is 2. The molecule has 0 aliphatic carbocycles. The van der Waals surface area contributed by atoms with Crippen molar-refractivity contribution in [1.29, 1.82) is 0 Å². The van der Waals surface area contributed by atoms with Gasteiger partial charge in [0.2, 0.25) is 0 Å². The van der Waals surface area contributed by atoms with Gasteiger partial charge in [-0.25, -0.2) is 13.8 Å². The van der Waals surface area contributed by atoms with Crippen LogP contribution in [0.5, 0.6) is 0 Å². The van der Waals surface area contributed by atoms with Crippen LogP contribution in [0.15, 0.2) is 12.1 Å². The summed E-state index contributed by atoms with van der Waals surface area (Å²) < 4.78 is 23.8. The van der Waals surface area contributed by atoms with Crippen LogP contribution in [-0.4, -0.2) is 29.9 Å². The summed E-state index contributed by atoms with van der Waals surface area (Å²) in [6.45, 7) is -0.600. The van der Waals surface area contributed by atoms with Gasteiger partial charge in [0.05, 0.1) is 23.6 Å². The zero-order valence-electron chi connectivity index (χ0n) is 8.41.